The average molecular weight is 299 g/mol. The average Bonchev–Trinajstić information content (AvgIpc) is 3.02. The maximum atomic E-state index is 6.17. The molecule has 2 aromatic rings. The highest BCUT2D eigenvalue weighted by Crippen LogP contribution is 2.35. The van der Waals surface area contributed by atoms with Crippen LogP contribution in [-0.4, -0.2) is 17.4 Å². The Kier molecular flexibility index (Phi) is 3.49. The quantitative estimate of drug-likeness (QED) is 0.943. The Balaban J connectivity index is 1.98. The van der Waals surface area contributed by atoms with Gasteiger partial charge in [-0.2, -0.15) is 0 Å². The van der Waals surface area contributed by atoms with Crippen LogP contribution in [0.25, 0.3) is 0 Å². The monoisotopic (exact) mass is 299 g/mol. The van der Waals surface area contributed by atoms with Crippen LogP contribution in [0, 0.1) is 13.8 Å². The zero-order valence-electron chi connectivity index (χ0n) is 12.8. The second-order valence-electron chi connectivity index (χ2n) is 5.99. The standard InChI is InChI=1S/C17H21N3S/c1-12-7-13(2)9-14(8-12)17(3)11-19-16(18)20(17)10-15-5-4-6-21-15/h4-9H,10-11H2,1-3H3,(H2,18,19). The lowest BCUT2D eigenvalue weighted by molar-refractivity contribution is 0.219. The second-order valence-corrected chi connectivity index (χ2v) is 7.02. The lowest BCUT2D eigenvalue weighted by atomic mass is 9.88. The summed E-state index contributed by atoms with van der Waals surface area (Å²) in [7, 11) is 0. The third kappa shape index (κ3) is 2.56. The minimum absolute atomic E-state index is 0.162. The van der Waals surface area contributed by atoms with Crippen molar-refractivity contribution in [2.45, 2.75) is 32.9 Å². The van der Waals surface area contributed by atoms with Crippen molar-refractivity contribution in [1.82, 2.24) is 4.90 Å². The molecular formula is C17H21N3S. The van der Waals surface area contributed by atoms with Crippen molar-refractivity contribution >= 4 is 17.3 Å². The lowest BCUT2D eigenvalue weighted by Gasteiger charge is -2.37. The second kappa shape index (κ2) is 5.19. The molecule has 0 fully saturated rings. The van der Waals surface area contributed by atoms with Gasteiger partial charge in [0.15, 0.2) is 5.96 Å². The van der Waals surface area contributed by atoms with Crippen LogP contribution in [0.1, 0.15) is 28.5 Å². The third-order valence-corrected chi connectivity index (χ3v) is 5.02. The maximum Gasteiger partial charge on any atom is 0.192 e. The molecule has 110 valence electrons. The molecule has 0 aliphatic carbocycles. The van der Waals surface area contributed by atoms with E-state index in [0.717, 1.165) is 6.54 Å². The van der Waals surface area contributed by atoms with Gasteiger partial charge in [0.2, 0.25) is 0 Å². The van der Waals surface area contributed by atoms with E-state index in [9.17, 15) is 0 Å². The maximum absolute atomic E-state index is 6.17. The fourth-order valence-corrected chi connectivity index (χ4v) is 3.70. The number of rotatable bonds is 3. The van der Waals surface area contributed by atoms with E-state index in [1.54, 1.807) is 11.3 Å². The zero-order chi connectivity index (χ0) is 15.0. The normalized spacial score (nSPS) is 21.7. The Morgan fingerprint density at radius 1 is 1.29 bits per heavy atom. The van der Waals surface area contributed by atoms with Gasteiger partial charge >= 0.3 is 0 Å². The Morgan fingerprint density at radius 2 is 2.00 bits per heavy atom. The number of nitrogens with two attached hydrogens (primary N) is 1. The summed E-state index contributed by atoms with van der Waals surface area (Å²) in [5, 5.41) is 2.10. The summed E-state index contributed by atoms with van der Waals surface area (Å²) in [4.78, 5) is 8.05. The molecule has 1 aromatic carbocycles. The largest absolute Gasteiger partial charge is 0.370 e. The van der Waals surface area contributed by atoms with Crippen molar-refractivity contribution in [1.29, 1.82) is 0 Å². The number of benzene rings is 1. The van der Waals surface area contributed by atoms with Crippen LogP contribution in [-0.2, 0) is 12.1 Å². The van der Waals surface area contributed by atoms with Crippen molar-refractivity contribution in [2.75, 3.05) is 6.54 Å². The number of aryl methyl sites for hydroxylation is 2. The summed E-state index contributed by atoms with van der Waals surface area (Å²) in [6.45, 7) is 8.05. The first-order chi connectivity index (χ1) is 9.99. The van der Waals surface area contributed by atoms with Gasteiger partial charge in [-0.25, -0.2) is 0 Å². The van der Waals surface area contributed by atoms with Crippen molar-refractivity contribution < 1.29 is 0 Å². The van der Waals surface area contributed by atoms with Crippen LogP contribution >= 0.6 is 11.3 Å². The Morgan fingerprint density at radius 3 is 2.62 bits per heavy atom. The number of guanidine groups is 1. The van der Waals surface area contributed by atoms with E-state index in [4.69, 9.17) is 5.73 Å². The van der Waals surface area contributed by atoms with Gasteiger partial charge in [0.05, 0.1) is 18.6 Å². The van der Waals surface area contributed by atoms with Gasteiger partial charge in [-0.1, -0.05) is 35.4 Å². The molecule has 2 heterocycles. The first-order valence-electron chi connectivity index (χ1n) is 7.18. The third-order valence-electron chi connectivity index (χ3n) is 4.16. The van der Waals surface area contributed by atoms with Crippen molar-refractivity contribution in [3.05, 3.63) is 57.3 Å². The zero-order valence-corrected chi connectivity index (χ0v) is 13.6. The summed E-state index contributed by atoms with van der Waals surface area (Å²) >= 11 is 1.76. The molecule has 1 aromatic heterocycles. The highest BCUT2D eigenvalue weighted by Gasteiger charge is 2.39. The molecule has 0 saturated heterocycles. The minimum Gasteiger partial charge on any atom is -0.370 e. The van der Waals surface area contributed by atoms with Crippen molar-refractivity contribution in [2.24, 2.45) is 10.7 Å². The van der Waals surface area contributed by atoms with E-state index in [1.807, 2.05) is 0 Å². The molecule has 1 aliphatic heterocycles. The number of thiophene rings is 1. The van der Waals surface area contributed by atoms with E-state index in [-0.39, 0.29) is 5.54 Å². The summed E-state index contributed by atoms with van der Waals surface area (Å²) in [6, 6.07) is 10.9. The number of hydrogen-bond acceptors (Lipinski definition) is 4. The van der Waals surface area contributed by atoms with E-state index < -0.39 is 0 Å². The van der Waals surface area contributed by atoms with Gasteiger partial charge in [-0.15, -0.1) is 11.3 Å². The van der Waals surface area contributed by atoms with Crippen LogP contribution < -0.4 is 5.73 Å². The van der Waals surface area contributed by atoms with Crippen LogP contribution in [0.15, 0.2) is 40.7 Å². The summed E-state index contributed by atoms with van der Waals surface area (Å²) in [5.41, 5.74) is 9.87. The first kappa shape index (κ1) is 14.1. The molecule has 0 spiro atoms. The van der Waals surface area contributed by atoms with Gasteiger partial charge in [0, 0.05) is 4.88 Å². The molecule has 0 radical (unpaired) electrons. The molecule has 0 saturated carbocycles. The Hall–Kier alpha value is -1.81. The van der Waals surface area contributed by atoms with Crippen molar-refractivity contribution in [3.63, 3.8) is 0 Å². The van der Waals surface area contributed by atoms with Gasteiger partial charge in [0.25, 0.3) is 0 Å². The van der Waals surface area contributed by atoms with E-state index in [1.165, 1.54) is 21.6 Å². The number of hydrogen-bond donors (Lipinski definition) is 1. The topological polar surface area (TPSA) is 41.6 Å². The molecule has 1 unspecified atom stereocenters. The predicted molar refractivity (Wildman–Crippen MR) is 89.6 cm³/mol. The van der Waals surface area contributed by atoms with Gasteiger partial charge in [0.1, 0.15) is 0 Å². The molecule has 2 N–H and O–H groups in total. The Bertz CT molecular complexity index is 655. The lowest BCUT2D eigenvalue weighted by Crippen LogP contribution is -2.46. The fraction of sp³-hybridized carbons (Fsp3) is 0.353. The van der Waals surface area contributed by atoms with Crippen molar-refractivity contribution in [3.8, 4) is 0 Å². The molecule has 1 aliphatic rings. The SMILES string of the molecule is Cc1cc(C)cc(C2(C)CN=C(N)N2Cc2cccs2)c1. The summed E-state index contributed by atoms with van der Waals surface area (Å²) < 4.78 is 0. The van der Waals surface area contributed by atoms with Crippen LogP contribution in [0.3, 0.4) is 0 Å². The summed E-state index contributed by atoms with van der Waals surface area (Å²) in [5.74, 6) is 0.644. The minimum atomic E-state index is -0.162. The highest BCUT2D eigenvalue weighted by molar-refractivity contribution is 7.09. The van der Waals surface area contributed by atoms with E-state index in [0.29, 0.717) is 12.5 Å². The van der Waals surface area contributed by atoms with Crippen LogP contribution in [0.2, 0.25) is 0 Å². The molecule has 1 atom stereocenters. The Labute approximate surface area is 130 Å². The molecule has 3 rings (SSSR count). The molecule has 0 bridgehead atoms. The van der Waals surface area contributed by atoms with Gasteiger partial charge in [-0.3, -0.25) is 4.99 Å². The number of aliphatic imine (C=N–C) groups is 1. The predicted octanol–water partition coefficient (Wildman–Crippen LogP) is 3.41. The smallest absolute Gasteiger partial charge is 0.192 e. The van der Waals surface area contributed by atoms with E-state index >= 15 is 0 Å². The van der Waals surface area contributed by atoms with Gasteiger partial charge in [-0.05, 0) is 37.8 Å². The number of nitrogens with zero attached hydrogens (tertiary/aromatic N) is 2. The first-order valence-corrected chi connectivity index (χ1v) is 8.06. The van der Waals surface area contributed by atoms with E-state index in [2.05, 4.69) is 66.4 Å². The molecule has 0 amide bonds. The molecule has 3 nitrogen and oxygen atoms in total. The molecule has 4 heteroatoms. The van der Waals surface area contributed by atoms with Crippen LogP contribution in [0.5, 0.6) is 0 Å². The molecule has 21 heavy (non-hydrogen) atoms. The summed E-state index contributed by atoms with van der Waals surface area (Å²) in [6.07, 6.45) is 0. The highest BCUT2D eigenvalue weighted by atomic mass is 32.1. The fourth-order valence-electron chi connectivity index (χ4n) is 3.01. The molecular weight excluding hydrogens is 278 g/mol. The van der Waals surface area contributed by atoms with Crippen LogP contribution in [0.4, 0.5) is 0 Å². The van der Waals surface area contributed by atoms with Gasteiger partial charge < -0.3 is 10.6 Å².